The summed E-state index contributed by atoms with van der Waals surface area (Å²) in [5.74, 6) is -1.24. The van der Waals surface area contributed by atoms with E-state index in [1.165, 1.54) is 16.2 Å². The molecule has 2 aliphatic heterocycles. The highest BCUT2D eigenvalue weighted by Crippen LogP contribution is 2.39. The zero-order chi connectivity index (χ0) is 24.7. The van der Waals surface area contributed by atoms with E-state index in [0.29, 0.717) is 41.7 Å². The maximum atomic E-state index is 13.4. The molecule has 1 saturated carbocycles. The highest BCUT2D eigenvalue weighted by Gasteiger charge is 2.47. The number of anilines is 1. The molecule has 3 fully saturated rings. The Hall–Kier alpha value is -2.85. The van der Waals surface area contributed by atoms with Crippen LogP contribution in [0.25, 0.3) is 10.2 Å². The van der Waals surface area contributed by atoms with E-state index in [9.17, 15) is 19.2 Å². The lowest BCUT2D eigenvalue weighted by molar-refractivity contribution is -0.140. The van der Waals surface area contributed by atoms with Crippen molar-refractivity contribution < 1.29 is 23.9 Å². The molecular weight excluding hydrogens is 468 g/mol. The van der Waals surface area contributed by atoms with Gasteiger partial charge in [-0.2, -0.15) is 0 Å². The molecule has 9 nitrogen and oxygen atoms in total. The largest absolute Gasteiger partial charge is 0.378 e. The van der Waals surface area contributed by atoms with Crippen LogP contribution in [0.2, 0.25) is 0 Å². The molecule has 4 heterocycles. The number of hydrogen-bond donors (Lipinski definition) is 1. The Morgan fingerprint density at radius 1 is 1.11 bits per heavy atom. The summed E-state index contributed by atoms with van der Waals surface area (Å²) in [5, 5.41) is 3.69. The molecule has 1 aliphatic carbocycles. The molecule has 0 spiro atoms. The number of nitrogens with zero attached hydrogens (tertiary/aromatic N) is 3. The van der Waals surface area contributed by atoms with Crippen molar-refractivity contribution in [2.75, 3.05) is 38.2 Å². The minimum Gasteiger partial charge on any atom is -0.378 e. The molecule has 3 aliphatic rings. The second kappa shape index (κ2) is 9.66. The molecule has 0 bridgehead atoms. The van der Waals surface area contributed by atoms with Gasteiger partial charge in [0.05, 0.1) is 30.7 Å². The van der Waals surface area contributed by atoms with Crippen molar-refractivity contribution in [3.63, 3.8) is 0 Å². The van der Waals surface area contributed by atoms with Crippen molar-refractivity contribution >= 4 is 50.9 Å². The molecule has 5 rings (SSSR count). The third kappa shape index (κ3) is 4.45. The lowest BCUT2D eigenvalue weighted by atomic mass is 9.81. The number of imide groups is 1. The summed E-state index contributed by atoms with van der Waals surface area (Å²) in [6.07, 6.45) is 3.41. The monoisotopic (exact) mass is 498 g/mol. The third-order valence-corrected chi connectivity index (χ3v) is 8.31. The van der Waals surface area contributed by atoms with Crippen LogP contribution in [-0.4, -0.2) is 71.3 Å². The van der Waals surface area contributed by atoms with Gasteiger partial charge in [0, 0.05) is 37.1 Å². The van der Waals surface area contributed by atoms with Gasteiger partial charge in [0.25, 0.3) is 5.91 Å². The van der Waals surface area contributed by atoms with Crippen LogP contribution in [0, 0.1) is 25.7 Å². The summed E-state index contributed by atoms with van der Waals surface area (Å²) in [5.41, 5.74) is 2.23. The van der Waals surface area contributed by atoms with Crippen LogP contribution >= 0.6 is 11.3 Å². The van der Waals surface area contributed by atoms with Crippen LogP contribution in [0.4, 0.5) is 5.69 Å². The number of nitrogens with one attached hydrogen (secondary N) is 1. The predicted molar refractivity (Wildman–Crippen MR) is 131 cm³/mol. The van der Waals surface area contributed by atoms with E-state index in [1.807, 2.05) is 19.9 Å². The van der Waals surface area contributed by atoms with Crippen LogP contribution < -0.4 is 5.32 Å². The first-order chi connectivity index (χ1) is 16.8. The summed E-state index contributed by atoms with van der Waals surface area (Å²) in [4.78, 5) is 60.7. The van der Waals surface area contributed by atoms with Crippen LogP contribution in [0.1, 0.15) is 53.0 Å². The molecule has 0 radical (unpaired) electrons. The number of pyridine rings is 1. The van der Waals surface area contributed by atoms with Gasteiger partial charge in [0.1, 0.15) is 9.71 Å². The molecular formula is C25H30N4O5S. The number of aryl methyl sites for hydroxylation is 2. The van der Waals surface area contributed by atoms with Crippen molar-refractivity contribution in [1.82, 2.24) is 14.8 Å². The summed E-state index contributed by atoms with van der Waals surface area (Å²) < 4.78 is 5.38. The van der Waals surface area contributed by atoms with E-state index in [-0.39, 0.29) is 48.4 Å². The van der Waals surface area contributed by atoms with E-state index >= 15 is 0 Å². The number of aromatic nitrogens is 1. The number of carbonyl (C=O) groups excluding carboxylic acids is 4. The highest BCUT2D eigenvalue weighted by atomic mass is 32.1. The summed E-state index contributed by atoms with van der Waals surface area (Å²) >= 11 is 1.28. The van der Waals surface area contributed by atoms with Gasteiger partial charge in [-0.3, -0.25) is 24.1 Å². The van der Waals surface area contributed by atoms with Crippen LogP contribution in [-0.2, 0) is 19.1 Å². The number of rotatable bonds is 5. The molecule has 0 unspecified atom stereocenters. The molecule has 10 heteroatoms. The molecule has 2 saturated heterocycles. The third-order valence-electron chi connectivity index (χ3n) is 7.24. The molecule has 2 aromatic heterocycles. The Morgan fingerprint density at radius 3 is 2.43 bits per heavy atom. The quantitative estimate of drug-likeness (QED) is 0.635. The van der Waals surface area contributed by atoms with Gasteiger partial charge in [-0.25, -0.2) is 4.98 Å². The summed E-state index contributed by atoms with van der Waals surface area (Å²) in [6, 6.07) is 1.93. The number of likely N-dealkylation sites (tertiary alicyclic amines) is 1. The van der Waals surface area contributed by atoms with Crippen molar-refractivity contribution in [1.29, 1.82) is 0 Å². The molecule has 4 amide bonds. The van der Waals surface area contributed by atoms with Gasteiger partial charge < -0.3 is 15.0 Å². The molecule has 1 N–H and O–H groups in total. The minimum atomic E-state index is -0.337. The van der Waals surface area contributed by atoms with Gasteiger partial charge in [-0.1, -0.05) is 12.8 Å². The SMILES string of the molecule is Cc1cc(C)c2c(NC(=O)CCN3C(=O)[C@@H]4CCCC[C@H]4C3=O)c(C(=O)N3CCOCC3)sc2n1. The fourth-order valence-corrected chi connectivity index (χ4v) is 6.71. The molecule has 0 aromatic carbocycles. The average Bonchev–Trinajstić information content (AvgIpc) is 3.33. The van der Waals surface area contributed by atoms with Crippen LogP contribution in [0.5, 0.6) is 0 Å². The Morgan fingerprint density at radius 2 is 1.77 bits per heavy atom. The zero-order valence-corrected chi connectivity index (χ0v) is 20.9. The second-order valence-corrected chi connectivity index (χ2v) is 10.6. The van der Waals surface area contributed by atoms with Gasteiger partial charge in [0.15, 0.2) is 0 Å². The van der Waals surface area contributed by atoms with Crippen LogP contribution in [0.15, 0.2) is 6.07 Å². The minimum absolute atomic E-state index is 0.0161. The van der Waals surface area contributed by atoms with Gasteiger partial charge in [0.2, 0.25) is 17.7 Å². The van der Waals surface area contributed by atoms with Gasteiger partial charge in [-0.15, -0.1) is 11.3 Å². The number of ether oxygens (including phenoxy) is 1. The van der Waals surface area contributed by atoms with Crippen molar-refractivity contribution in [2.45, 2.75) is 46.0 Å². The van der Waals surface area contributed by atoms with Gasteiger partial charge in [-0.05, 0) is 38.3 Å². The second-order valence-electron chi connectivity index (χ2n) is 9.60. The molecule has 35 heavy (non-hydrogen) atoms. The standard InChI is InChI=1S/C25H30N4O5S/c1-14-13-15(2)26-22-19(14)20(21(35-22)25(33)28-9-11-34-12-10-28)27-18(30)7-8-29-23(31)16-5-3-4-6-17(16)24(29)32/h13,16-17H,3-12H2,1-2H3,(H,27,30)/t16-,17-/m1/s1. The zero-order valence-electron chi connectivity index (χ0n) is 20.1. The smallest absolute Gasteiger partial charge is 0.266 e. The number of thiophene rings is 1. The highest BCUT2D eigenvalue weighted by molar-refractivity contribution is 7.21. The molecule has 2 atom stereocenters. The van der Waals surface area contributed by atoms with Crippen molar-refractivity contribution in [3.05, 3.63) is 22.2 Å². The maximum Gasteiger partial charge on any atom is 0.266 e. The van der Waals surface area contributed by atoms with Crippen LogP contribution in [0.3, 0.4) is 0 Å². The Kier molecular flexibility index (Phi) is 6.59. The maximum absolute atomic E-state index is 13.4. The Balaban J connectivity index is 1.37. The molecule has 2 aromatic rings. The van der Waals surface area contributed by atoms with E-state index in [2.05, 4.69) is 10.3 Å². The lowest BCUT2D eigenvalue weighted by Crippen LogP contribution is -2.40. The number of fused-ring (bicyclic) bond motifs is 2. The fourth-order valence-electron chi connectivity index (χ4n) is 5.49. The normalized spacial score (nSPS) is 22.6. The van der Waals surface area contributed by atoms with Crippen molar-refractivity contribution in [3.8, 4) is 0 Å². The topological polar surface area (TPSA) is 109 Å². The van der Waals surface area contributed by atoms with E-state index in [1.54, 1.807) is 4.90 Å². The number of morpholine rings is 1. The first-order valence-electron chi connectivity index (χ1n) is 12.3. The number of amides is 4. The Bertz CT molecular complexity index is 1180. The van der Waals surface area contributed by atoms with E-state index in [4.69, 9.17) is 4.74 Å². The lowest BCUT2D eigenvalue weighted by Gasteiger charge is -2.26. The van der Waals surface area contributed by atoms with E-state index < -0.39 is 0 Å². The first kappa shape index (κ1) is 23.9. The molecule has 186 valence electrons. The summed E-state index contributed by atoms with van der Waals surface area (Å²) in [7, 11) is 0. The number of carbonyl (C=O) groups is 4. The van der Waals surface area contributed by atoms with Gasteiger partial charge >= 0.3 is 0 Å². The Labute approximate surface area is 207 Å². The average molecular weight is 499 g/mol. The summed E-state index contributed by atoms with van der Waals surface area (Å²) in [6.45, 7) is 5.84. The first-order valence-corrected chi connectivity index (χ1v) is 13.1. The number of hydrogen-bond acceptors (Lipinski definition) is 7. The predicted octanol–water partition coefficient (Wildman–Crippen LogP) is 2.89. The van der Waals surface area contributed by atoms with E-state index in [0.717, 1.165) is 42.3 Å². The fraction of sp³-hybridized carbons (Fsp3) is 0.560. The van der Waals surface area contributed by atoms with Crippen molar-refractivity contribution in [2.24, 2.45) is 11.8 Å².